The first-order valence-electron chi connectivity index (χ1n) is 6.53. The molecule has 1 saturated carbocycles. The van der Waals surface area contributed by atoms with E-state index in [1.807, 2.05) is 0 Å². The lowest BCUT2D eigenvalue weighted by atomic mass is 9.92. The van der Waals surface area contributed by atoms with E-state index in [0.29, 0.717) is 0 Å². The second-order valence-electron chi connectivity index (χ2n) is 5.20. The van der Waals surface area contributed by atoms with Crippen LogP contribution in [0.5, 0.6) is 0 Å². The van der Waals surface area contributed by atoms with Crippen molar-refractivity contribution in [2.45, 2.75) is 44.1 Å². The molecule has 3 rings (SSSR count). The number of nitrogens with zero attached hydrogens (tertiary/aromatic N) is 1. The summed E-state index contributed by atoms with van der Waals surface area (Å²) >= 11 is 1.55. The summed E-state index contributed by atoms with van der Waals surface area (Å²) in [7, 11) is 0. The number of nitrogens with two attached hydrogens (primary N) is 1. The lowest BCUT2D eigenvalue weighted by Crippen LogP contribution is -2.35. The van der Waals surface area contributed by atoms with E-state index in [1.54, 1.807) is 23.5 Å². The molecule has 0 atom stereocenters. The number of thiazole rings is 1. The average molecular weight is 264 g/mol. The summed E-state index contributed by atoms with van der Waals surface area (Å²) in [6, 6.07) is 4.75. The van der Waals surface area contributed by atoms with Crippen LogP contribution in [0.25, 0.3) is 10.2 Å². The number of hydrogen-bond acceptors (Lipinski definition) is 3. The minimum atomic E-state index is -0.295. The van der Waals surface area contributed by atoms with Crippen LogP contribution in [0.1, 0.15) is 43.5 Å². The maximum atomic E-state index is 13.2. The second-order valence-corrected chi connectivity index (χ2v) is 6.23. The molecule has 0 radical (unpaired) electrons. The largest absolute Gasteiger partial charge is 0.319 e. The minimum Gasteiger partial charge on any atom is -0.319 e. The van der Waals surface area contributed by atoms with Crippen LogP contribution in [-0.2, 0) is 5.54 Å². The predicted molar refractivity (Wildman–Crippen MR) is 73.1 cm³/mol. The summed E-state index contributed by atoms with van der Waals surface area (Å²) in [4.78, 5) is 4.62. The maximum absolute atomic E-state index is 13.2. The smallest absolute Gasteiger partial charge is 0.124 e. The summed E-state index contributed by atoms with van der Waals surface area (Å²) < 4.78 is 14.1. The SMILES string of the molecule is NC1(c2nc3ccc(F)cc3s2)CCCCCC1. The number of rotatable bonds is 1. The van der Waals surface area contributed by atoms with Crippen LogP contribution in [0, 0.1) is 5.82 Å². The molecule has 2 N–H and O–H groups in total. The molecule has 0 aliphatic heterocycles. The Labute approximate surface area is 110 Å². The zero-order valence-electron chi connectivity index (χ0n) is 10.3. The van der Waals surface area contributed by atoms with Crippen LogP contribution < -0.4 is 5.73 Å². The number of halogens is 1. The van der Waals surface area contributed by atoms with Gasteiger partial charge in [0, 0.05) is 0 Å². The highest BCUT2D eigenvalue weighted by Gasteiger charge is 2.31. The standard InChI is InChI=1S/C14H17FN2S/c15-10-5-6-11-12(9-10)18-13(17-11)14(16)7-3-1-2-4-8-14/h5-6,9H,1-4,7-8,16H2. The van der Waals surface area contributed by atoms with Crippen LogP contribution in [-0.4, -0.2) is 4.98 Å². The van der Waals surface area contributed by atoms with Gasteiger partial charge < -0.3 is 5.73 Å². The van der Waals surface area contributed by atoms with Gasteiger partial charge in [0.05, 0.1) is 15.8 Å². The van der Waals surface area contributed by atoms with Crippen LogP contribution in [0.2, 0.25) is 0 Å². The highest BCUT2D eigenvalue weighted by molar-refractivity contribution is 7.18. The highest BCUT2D eigenvalue weighted by atomic mass is 32.1. The quantitative estimate of drug-likeness (QED) is 0.792. The molecule has 1 aromatic carbocycles. The van der Waals surface area contributed by atoms with Crippen LogP contribution >= 0.6 is 11.3 Å². The summed E-state index contributed by atoms with van der Waals surface area (Å²) in [5, 5.41) is 0.977. The minimum absolute atomic E-state index is 0.204. The number of benzene rings is 1. The molecule has 1 heterocycles. The third kappa shape index (κ3) is 2.15. The Balaban J connectivity index is 2.02. The van der Waals surface area contributed by atoms with E-state index in [2.05, 4.69) is 4.98 Å². The molecule has 2 aromatic rings. The van der Waals surface area contributed by atoms with Crippen molar-refractivity contribution < 1.29 is 4.39 Å². The Morgan fingerprint density at radius 1 is 1.17 bits per heavy atom. The van der Waals surface area contributed by atoms with Gasteiger partial charge in [-0.3, -0.25) is 0 Å². The Kier molecular flexibility index (Phi) is 3.08. The fraction of sp³-hybridized carbons (Fsp3) is 0.500. The number of hydrogen-bond donors (Lipinski definition) is 1. The number of aromatic nitrogens is 1. The molecule has 96 valence electrons. The summed E-state index contributed by atoms with van der Waals surface area (Å²) in [6.07, 6.45) is 6.85. The van der Waals surface area contributed by atoms with Crippen molar-refractivity contribution >= 4 is 21.6 Å². The first kappa shape index (κ1) is 12.1. The Bertz CT molecular complexity index is 556. The van der Waals surface area contributed by atoms with Gasteiger partial charge in [-0.2, -0.15) is 0 Å². The van der Waals surface area contributed by atoms with Crippen molar-refractivity contribution in [2.24, 2.45) is 5.73 Å². The second kappa shape index (κ2) is 4.59. The molecule has 0 unspecified atom stereocenters. The summed E-state index contributed by atoms with van der Waals surface area (Å²) in [5.74, 6) is -0.204. The normalized spacial score (nSPS) is 19.9. The third-order valence-corrected chi connectivity index (χ3v) is 5.01. The van der Waals surface area contributed by atoms with E-state index < -0.39 is 0 Å². The highest BCUT2D eigenvalue weighted by Crippen LogP contribution is 2.37. The molecule has 0 saturated heterocycles. The van der Waals surface area contributed by atoms with Crippen LogP contribution in [0.3, 0.4) is 0 Å². The topological polar surface area (TPSA) is 38.9 Å². The fourth-order valence-electron chi connectivity index (χ4n) is 2.68. The van der Waals surface area contributed by atoms with E-state index in [9.17, 15) is 4.39 Å². The molecule has 1 fully saturated rings. The lowest BCUT2D eigenvalue weighted by Gasteiger charge is -2.25. The van der Waals surface area contributed by atoms with Crippen LogP contribution in [0.4, 0.5) is 4.39 Å². The molecule has 18 heavy (non-hydrogen) atoms. The molecule has 0 amide bonds. The van der Waals surface area contributed by atoms with Gasteiger partial charge in [0.25, 0.3) is 0 Å². The van der Waals surface area contributed by atoms with Gasteiger partial charge in [-0.15, -0.1) is 11.3 Å². The molecule has 2 nitrogen and oxygen atoms in total. The molecule has 4 heteroatoms. The van der Waals surface area contributed by atoms with Gasteiger partial charge in [-0.25, -0.2) is 9.37 Å². The first-order valence-corrected chi connectivity index (χ1v) is 7.34. The van der Waals surface area contributed by atoms with Crippen molar-refractivity contribution in [1.82, 2.24) is 4.98 Å². The molecule has 1 aliphatic rings. The lowest BCUT2D eigenvalue weighted by molar-refractivity contribution is 0.384. The summed E-state index contributed by atoms with van der Waals surface area (Å²) in [5.41, 5.74) is 7.11. The fourth-order valence-corrected chi connectivity index (χ4v) is 3.83. The van der Waals surface area contributed by atoms with E-state index in [4.69, 9.17) is 5.73 Å². The van der Waals surface area contributed by atoms with Crippen molar-refractivity contribution in [3.63, 3.8) is 0 Å². The van der Waals surface area contributed by atoms with Crippen molar-refractivity contribution in [3.8, 4) is 0 Å². The third-order valence-electron chi connectivity index (χ3n) is 3.77. The summed E-state index contributed by atoms with van der Waals surface area (Å²) in [6.45, 7) is 0. The Morgan fingerprint density at radius 3 is 2.61 bits per heavy atom. The zero-order valence-corrected chi connectivity index (χ0v) is 11.1. The van der Waals surface area contributed by atoms with Gasteiger partial charge >= 0.3 is 0 Å². The van der Waals surface area contributed by atoms with Crippen molar-refractivity contribution in [1.29, 1.82) is 0 Å². The first-order chi connectivity index (χ1) is 8.67. The zero-order chi connectivity index (χ0) is 12.6. The van der Waals surface area contributed by atoms with Gasteiger partial charge in [0.2, 0.25) is 0 Å². The van der Waals surface area contributed by atoms with Gasteiger partial charge in [-0.05, 0) is 31.0 Å². The van der Waals surface area contributed by atoms with Crippen molar-refractivity contribution in [2.75, 3.05) is 0 Å². The predicted octanol–water partition coefficient (Wildman–Crippen LogP) is 3.94. The molecule has 1 aromatic heterocycles. The molecular weight excluding hydrogens is 247 g/mol. The van der Waals surface area contributed by atoms with Crippen LogP contribution in [0.15, 0.2) is 18.2 Å². The van der Waals surface area contributed by atoms with E-state index in [1.165, 1.54) is 31.7 Å². The number of fused-ring (bicyclic) bond motifs is 1. The van der Waals surface area contributed by atoms with E-state index >= 15 is 0 Å². The van der Waals surface area contributed by atoms with Gasteiger partial charge in [0.1, 0.15) is 10.8 Å². The molecule has 1 aliphatic carbocycles. The average Bonchev–Trinajstić information content (AvgIpc) is 2.65. The maximum Gasteiger partial charge on any atom is 0.124 e. The van der Waals surface area contributed by atoms with Gasteiger partial charge in [0.15, 0.2) is 0 Å². The molecule has 0 bridgehead atoms. The Hall–Kier alpha value is -1.000. The molecule has 0 spiro atoms. The van der Waals surface area contributed by atoms with E-state index in [-0.39, 0.29) is 11.4 Å². The van der Waals surface area contributed by atoms with Crippen molar-refractivity contribution in [3.05, 3.63) is 29.0 Å². The van der Waals surface area contributed by atoms with E-state index in [0.717, 1.165) is 28.1 Å². The Morgan fingerprint density at radius 2 is 1.89 bits per heavy atom. The monoisotopic (exact) mass is 264 g/mol. The molecular formula is C14H17FN2S. The van der Waals surface area contributed by atoms with Gasteiger partial charge in [-0.1, -0.05) is 25.7 Å².